The van der Waals surface area contributed by atoms with Crippen LogP contribution in [0.3, 0.4) is 0 Å². The van der Waals surface area contributed by atoms with Crippen LogP contribution < -0.4 is 11.1 Å². The van der Waals surface area contributed by atoms with Gasteiger partial charge in [0.25, 0.3) is 5.91 Å². The average molecular weight is 264 g/mol. The number of benzene rings is 1. The van der Waals surface area contributed by atoms with Crippen molar-refractivity contribution in [2.45, 2.75) is 32.6 Å². The third-order valence-corrected chi connectivity index (χ3v) is 2.87. The predicted molar refractivity (Wildman–Crippen MR) is 78.9 cm³/mol. The zero-order chi connectivity index (χ0) is 13.8. The average Bonchev–Trinajstić information content (AvgIpc) is 2.27. The fourth-order valence-corrected chi connectivity index (χ4v) is 1.62. The van der Waals surface area contributed by atoms with Gasteiger partial charge in [-0.15, -0.1) is 0 Å². The highest BCUT2D eigenvalue weighted by Gasteiger charge is 2.14. The molecular weight excluding hydrogens is 244 g/mol. The molecule has 0 fully saturated rings. The molecule has 0 aliphatic heterocycles. The Morgan fingerprint density at radius 1 is 1.28 bits per heavy atom. The molecule has 98 valence electrons. The largest absolute Gasteiger partial charge is 0.393 e. The van der Waals surface area contributed by atoms with E-state index in [1.165, 1.54) is 5.56 Å². The van der Waals surface area contributed by atoms with Gasteiger partial charge in [-0.2, -0.15) is 0 Å². The van der Waals surface area contributed by atoms with Gasteiger partial charge < -0.3 is 11.1 Å². The summed E-state index contributed by atoms with van der Waals surface area (Å²) < 4.78 is 0. The lowest BCUT2D eigenvalue weighted by Gasteiger charge is -2.19. The lowest BCUT2D eigenvalue weighted by Crippen LogP contribution is -2.27. The summed E-state index contributed by atoms with van der Waals surface area (Å²) in [6.07, 6.45) is 0.529. The lowest BCUT2D eigenvalue weighted by molar-refractivity contribution is 0.0955. The summed E-state index contributed by atoms with van der Waals surface area (Å²) in [4.78, 5) is 12.2. The van der Waals surface area contributed by atoms with Gasteiger partial charge in [0, 0.05) is 18.5 Å². The summed E-state index contributed by atoms with van der Waals surface area (Å²) in [6.45, 7) is 6.91. The molecule has 18 heavy (non-hydrogen) atoms. The molecule has 4 heteroatoms. The molecule has 1 aromatic rings. The molecule has 1 rings (SSSR count). The third-order valence-electron chi connectivity index (χ3n) is 2.67. The summed E-state index contributed by atoms with van der Waals surface area (Å²) in [7, 11) is 0. The van der Waals surface area contributed by atoms with Crippen molar-refractivity contribution < 1.29 is 4.79 Å². The second kappa shape index (κ2) is 5.96. The van der Waals surface area contributed by atoms with E-state index in [1.54, 1.807) is 0 Å². The first-order valence-electron chi connectivity index (χ1n) is 5.98. The fraction of sp³-hybridized carbons (Fsp3) is 0.429. The fourth-order valence-electron chi connectivity index (χ4n) is 1.52. The Morgan fingerprint density at radius 3 is 2.28 bits per heavy atom. The van der Waals surface area contributed by atoms with Crippen LogP contribution in [-0.2, 0) is 5.41 Å². The summed E-state index contributed by atoms with van der Waals surface area (Å²) >= 11 is 4.75. The lowest BCUT2D eigenvalue weighted by atomic mass is 9.87. The van der Waals surface area contributed by atoms with Gasteiger partial charge in [0.1, 0.15) is 0 Å². The molecule has 0 unspecified atom stereocenters. The first kappa shape index (κ1) is 14.6. The van der Waals surface area contributed by atoms with Crippen LogP contribution in [0.4, 0.5) is 0 Å². The molecule has 0 aromatic heterocycles. The molecule has 0 radical (unpaired) electrons. The number of nitrogens with one attached hydrogen (secondary N) is 1. The highest BCUT2D eigenvalue weighted by molar-refractivity contribution is 7.80. The quantitative estimate of drug-likeness (QED) is 0.821. The molecule has 3 N–H and O–H groups in total. The molecule has 0 bridgehead atoms. The number of rotatable bonds is 4. The van der Waals surface area contributed by atoms with E-state index < -0.39 is 0 Å². The van der Waals surface area contributed by atoms with Gasteiger partial charge in [0.05, 0.1) is 4.99 Å². The van der Waals surface area contributed by atoms with Crippen LogP contribution in [0.25, 0.3) is 0 Å². The maximum atomic E-state index is 11.8. The second-order valence-electron chi connectivity index (χ2n) is 5.30. The Morgan fingerprint density at radius 2 is 1.83 bits per heavy atom. The van der Waals surface area contributed by atoms with Gasteiger partial charge in [0.2, 0.25) is 0 Å². The van der Waals surface area contributed by atoms with Gasteiger partial charge >= 0.3 is 0 Å². The van der Waals surface area contributed by atoms with Crippen LogP contribution in [0.5, 0.6) is 0 Å². The Bertz CT molecular complexity index is 432. The molecule has 0 aliphatic carbocycles. The Hall–Kier alpha value is -1.42. The predicted octanol–water partition coefficient (Wildman–Crippen LogP) is 2.39. The van der Waals surface area contributed by atoms with E-state index in [4.69, 9.17) is 18.0 Å². The van der Waals surface area contributed by atoms with E-state index in [9.17, 15) is 4.79 Å². The highest BCUT2D eigenvalue weighted by atomic mass is 32.1. The van der Waals surface area contributed by atoms with Gasteiger partial charge in [-0.1, -0.05) is 45.1 Å². The Kier molecular flexibility index (Phi) is 4.84. The standard InChI is InChI=1S/C14H20N2OS/c1-14(2,3)11-6-4-10(5-7-11)13(17)16-9-8-12(15)18/h4-7H,8-9H2,1-3H3,(H2,15,18)(H,16,17). The van der Waals surface area contributed by atoms with Gasteiger partial charge in [-0.05, 0) is 23.1 Å². The van der Waals surface area contributed by atoms with Crippen LogP contribution >= 0.6 is 12.2 Å². The SMILES string of the molecule is CC(C)(C)c1ccc(C(=O)NCCC(N)=S)cc1. The summed E-state index contributed by atoms with van der Waals surface area (Å²) in [6, 6.07) is 7.67. The molecular formula is C14H20N2OS. The number of carbonyl (C=O) groups is 1. The first-order chi connectivity index (χ1) is 8.30. The van der Waals surface area contributed by atoms with Crippen molar-refractivity contribution in [3.8, 4) is 0 Å². The van der Waals surface area contributed by atoms with Crippen LogP contribution in [0, 0.1) is 0 Å². The van der Waals surface area contributed by atoms with Crippen LogP contribution in [0.2, 0.25) is 0 Å². The smallest absolute Gasteiger partial charge is 0.251 e. The van der Waals surface area contributed by atoms with Crippen molar-refractivity contribution >= 4 is 23.1 Å². The van der Waals surface area contributed by atoms with Crippen molar-refractivity contribution in [2.75, 3.05) is 6.54 Å². The van der Waals surface area contributed by atoms with E-state index in [1.807, 2.05) is 24.3 Å². The van der Waals surface area contributed by atoms with Crippen LogP contribution in [0.1, 0.15) is 43.1 Å². The molecule has 0 spiro atoms. The molecule has 0 saturated heterocycles. The van der Waals surface area contributed by atoms with Crippen molar-refractivity contribution in [1.82, 2.24) is 5.32 Å². The number of carbonyl (C=O) groups excluding carboxylic acids is 1. The minimum absolute atomic E-state index is 0.0910. The zero-order valence-corrected chi connectivity index (χ0v) is 11.9. The van der Waals surface area contributed by atoms with Crippen LogP contribution in [-0.4, -0.2) is 17.4 Å². The number of amides is 1. The molecule has 3 nitrogen and oxygen atoms in total. The number of hydrogen-bond donors (Lipinski definition) is 2. The van der Waals surface area contributed by atoms with Gasteiger partial charge in [-0.25, -0.2) is 0 Å². The minimum Gasteiger partial charge on any atom is -0.393 e. The maximum Gasteiger partial charge on any atom is 0.251 e. The van der Waals surface area contributed by atoms with E-state index in [-0.39, 0.29) is 11.3 Å². The minimum atomic E-state index is -0.0910. The third kappa shape index (κ3) is 4.45. The van der Waals surface area contributed by atoms with Crippen molar-refractivity contribution in [1.29, 1.82) is 0 Å². The number of nitrogens with two attached hydrogens (primary N) is 1. The van der Waals surface area contributed by atoms with Crippen LogP contribution in [0.15, 0.2) is 24.3 Å². The molecule has 0 atom stereocenters. The molecule has 0 aliphatic rings. The van der Waals surface area contributed by atoms with E-state index in [0.717, 1.165) is 0 Å². The molecule has 1 aromatic carbocycles. The molecule has 1 amide bonds. The number of thiocarbonyl (C=S) groups is 1. The molecule has 0 saturated carbocycles. The van der Waals surface area contributed by atoms with Gasteiger partial charge in [0.15, 0.2) is 0 Å². The van der Waals surface area contributed by atoms with E-state index in [0.29, 0.717) is 23.5 Å². The normalized spacial score (nSPS) is 11.1. The molecule has 0 heterocycles. The summed E-state index contributed by atoms with van der Waals surface area (Å²) in [5.41, 5.74) is 7.33. The Balaban J connectivity index is 2.62. The van der Waals surface area contributed by atoms with E-state index >= 15 is 0 Å². The highest BCUT2D eigenvalue weighted by Crippen LogP contribution is 2.22. The van der Waals surface area contributed by atoms with E-state index in [2.05, 4.69) is 26.1 Å². The Labute approximate surface area is 114 Å². The number of hydrogen-bond acceptors (Lipinski definition) is 2. The van der Waals surface area contributed by atoms with Gasteiger partial charge in [-0.3, -0.25) is 4.79 Å². The monoisotopic (exact) mass is 264 g/mol. The zero-order valence-electron chi connectivity index (χ0n) is 11.1. The summed E-state index contributed by atoms with van der Waals surface area (Å²) in [5, 5.41) is 2.78. The first-order valence-corrected chi connectivity index (χ1v) is 6.38. The summed E-state index contributed by atoms with van der Waals surface area (Å²) in [5.74, 6) is -0.0910. The maximum absolute atomic E-state index is 11.8. The second-order valence-corrected chi connectivity index (χ2v) is 5.82. The van der Waals surface area contributed by atoms with Crippen molar-refractivity contribution in [3.63, 3.8) is 0 Å². The van der Waals surface area contributed by atoms with Crippen molar-refractivity contribution in [3.05, 3.63) is 35.4 Å². The van der Waals surface area contributed by atoms with Crippen molar-refractivity contribution in [2.24, 2.45) is 5.73 Å². The topological polar surface area (TPSA) is 55.1 Å².